The number of hydrogen-bond acceptors (Lipinski definition) is 7. The third-order valence-corrected chi connectivity index (χ3v) is 8.81. The normalized spacial score (nSPS) is 17.2. The topological polar surface area (TPSA) is 89.7 Å². The fourth-order valence-electron chi connectivity index (χ4n) is 3.68. The zero-order valence-corrected chi connectivity index (χ0v) is 19.8. The Morgan fingerprint density at radius 3 is 2.62 bits per heavy atom. The average Bonchev–Trinajstić information content (AvgIpc) is 3.52. The molecular formula is C21H18ClF3N2O5S2. The number of nitrogens with zero attached hydrogens (tertiary/aromatic N) is 2. The molecule has 7 nitrogen and oxygen atoms in total. The first-order valence-corrected chi connectivity index (χ1v) is 12.8. The van der Waals surface area contributed by atoms with Crippen LogP contribution in [0.4, 0.5) is 13.2 Å². The molecule has 1 atom stereocenters. The zero-order chi connectivity index (χ0) is 24.5. The van der Waals surface area contributed by atoms with E-state index in [2.05, 4.69) is 9.72 Å². The van der Waals surface area contributed by atoms with Gasteiger partial charge in [-0.05, 0) is 49.2 Å². The predicted octanol–water partition coefficient (Wildman–Crippen LogP) is 5.31. The maximum Gasteiger partial charge on any atom is 0.573 e. The molecular weight excluding hydrogens is 517 g/mol. The number of oxazole rings is 1. The summed E-state index contributed by atoms with van der Waals surface area (Å²) in [5.41, 5.74) is 0.902. The molecule has 0 spiro atoms. The van der Waals surface area contributed by atoms with Crippen molar-refractivity contribution >= 4 is 38.7 Å². The molecule has 0 radical (unpaired) electrons. The van der Waals surface area contributed by atoms with Crippen LogP contribution < -0.4 is 4.74 Å². The highest BCUT2D eigenvalue weighted by Gasteiger charge is 2.39. The molecule has 1 fully saturated rings. The lowest BCUT2D eigenvalue weighted by Crippen LogP contribution is -2.40. The summed E-state index contributed by atoms with van der Waals surface area (Å²) in [6.45, 7) is 0.255. The van der Waals surface area contributed by atoms with Crippen molar-refractivity contribution in [2.45, 2.75) is 42.3 Å². The van der Waals surface area contributed by atoms with Gasteiger partial charge in [0.05, 0.1) is 10.4 Å². The van der Waals surface area contributed by atoms with Crippen molar-refractivity contribution in [3.63, 3.8) is 0 Å². The number of benzene rings is 1. The van der Waals surface area contributed by atoms with Crippen LogP contribution in [0.25, 0.3) is 11.3 Å². The van der Waals surface area contributed by atoms with Gasteiger partial charge in [-0.15, -0.1) is 24.5 Å². The minimum Gasteiger partial charge on any atom is -0.448 e. The maximum absolute atomic E-state index is 12.9. The lowest BCUT2D eigenvalue weighted by molar-refractivity contribution is -0.274. The molecule has 1 aromatic carbocycles. The molecule has 4 rings (SSSR count). The van der Waals surface area contributed by atoms with E-state index in [1.807, 2.05) is 0 Å². The zero-order valence-electron chi connectivity index (χ0n) is 17.4. The van der Waals surface area contributed by atoms with Crippen molar-refractivity contribution < 1.29 is 35.5 Å². The highest BCUT2D eigenvalue weighted by Crippen LogP contribution is 2.33. The number of rotatable bonds is 8. The maximum atomic E-state index is 12.9. The van der Waals surface area contributed by atoms with E-state index < -0.39 is 22.4 Å². The van der Waals surface area contributed by atoms with Crippen molar-refractivity contribution in [1.29, 1.82) is 0 Å². The summed E-state index contributed by atoms with van der Waals surface area (Å²) in [5, 5.41) is 0. The van der Waals surface area contributed by atoms with E-state index in [9.17, 15) is 26.4 Å². The molecule has 13 heteroatoms. The number of halogens is 4. The molecule has 1 aliphatic rings. The van der Waals surface area contributed by atoms with Crippen molar-refractivity contribution in [1.82, 2.24) is 9.29 Å². The molecule has 182 valence electrons. The van der Waals surface area contributed by atoms with Crippen LogP contribution in [0.2, 0.25) is 4.34 Å². The monoisotopic (exact) mass is 534 g/mol. The molecule has 0 N–H and O–H groups in total. The first kappa shape index (κ1) is 24.7. The van der Waals surface area contributed by atoms with Crippen LogP contribution in [-0.2, 0) is 21.2 Å². The molecule has 3 heterocycles. The SMILES string of the molecule is O=C(CCc1nc(-c2ccc(OC(F)(F)F)cc2)co1)[C@@H]1CCCN1S(=O)(=O)c1ccc(Cl)s1. The summed E-state index contributed by atoms with van der Waals surface area (Å²) in [6.07, 6.45) is -2.25. The number of ketones is 1. The van der Waals surface area contributed by atoms with Crippen molar-refractivity contribution in [2.75, 3.05) is 6.54 Å². The molecule has 3 aromatic rings. The van der Waals surface area contributed by atoms with Crippen LogP contribution >= 0.6 is 22.9 Å². The Bertz CT molecular complexity index is 1270. The molecule has 0 unspecified atom stereocenters. The Kier molecular flexibility index (Phi) is 7.04. The third kappa shape index (κ3) is 5.62. The van der Waals surface area contributed by atoms with Gasteiger partial charge in [0.1, 0.15) is 21.9 Å². The first-order valence-electron chi connectivity index (χ1n) is 10.1. The van der Waals surface area contributed by atoms with Crippen LogP contribution in [0.15, 0.2) is 51.3 Å². The molecule has 0 saturated carbocycles. The van der Waals surface area contributed by atoms with Gasteiger partial charge in [0, 0.05) is 24.9 Å². The molecule has 0 bridgehead atoms. The van der Waals surface area contributed by atoms with Crippen LogP contribution in [0, 0.1) is 0 Å². The van der Waals surface area contributed by atoms with E-state index in [1.165, 1.54) is 34.8 Å². The molecule has 0 amide bonds. The van der Waals surface area contributed by atoms with Gasteiger partial charge in [-0.3, -0.25) is 4.79 Å². The quantitative estimate of drug-likeness (QED) is 0.389. The van der Waals surface area contributed by atoms with E-state index in [4.69, 9.17) is 16.0 Å². The van der Waals surface area contributed by atoms with Crippen LogP contribution in [0.3, 0.4) is 0 Å². The number of aryl methyl sites for hydroxylation is 1. The fourth-order valence-corrected chi connectivity index (χ4v) is 6.97. The smallest absolute Gasteiger partial charge is 0.448 e. The van der Waals surface area contributed by atoms with Gasteiger partial charge in [-0.1, -0.05) is 11.6 Å². The van der Waals surface area contributed by atoms with Crippen molar-refractivity contribution in [2.24, 2.45) is 0 Å². The number of carbonyl (C=O) groups excluding carboxylic acids is 1. The van der Waals surface area contributed by atoms with Gasteiger partial charge >= 0.3 is 6.36 Å². The Balaban J connectivity index is 1.38. The molecule has 34 heavy (non-hydrogen) atoms. The van der Waals surface area contributed by atoms with E-state index in [0.29, 0.717) is 28.4 Å². The number of ether oxygens (including phenoxy) is 1. The number of carbonyl (C=O) groups is 1. The highest BCUT2D eigenvalue weighted by molar-refractivity contribution is 7.91. The number of aromatic nitrogens is 1. The number of thiophene rings is 1. The molecule has 1 aliphatic heterocycles. The molecule has 0 aliphatic carbocycles. The van der Waals surface area contributed by atoms with Crippen molar-refractivity contribution in [3.05, 3.63) is 52.9 Å². The van der Waals surface area contributed by atoms with Crippen LogP contribution in [0.5, 0.6) is 5.75 Å². The van der Waals surface area contributed by atoms with E-state index in [0.717, 1.165) is 23.5 Å². The molecule has 1 saturated heterocycles. The molecule has 2 aromatic heterocycles. The Morgan fingerprint density at radius 2 is 1.97 bits per heavy atom. The number of sulfonamides is 1. The van der Waals surface area contributed by atoms with Gasteiger partial charge in [0.25, 0.3) is 10.0 Å². The van der Waals surface area contributed by atoms with Crippen LogP contribution in [0.1, 0.15) is 25.2 Å². The highest BCUT2D eigenvalue weighted by atomic mass is 35.5. The average molecular weight is 535 g/mol. The lowest BCUT2D eigenvalue weighted by Gasteiger charge is -2.22. The third-order valence-electron chi connectivity index (χ3n) is 5.21. The number of hydrogen-bond donors (Lipinski definition) is 0. The summed E-state index contributed by atoms with van der Waals surface area (Å²) < 4.78 is 73.6. The first-order chi connectivity index (χ1) is 16.0. The second-order valence-electron chi connectivity index (χ2n) is 7.50. The lowest BCUT2D eigenvalue weighted by atomic mass is 10.1. The summed E-state index contributed by atoms with van der Waals surface area (Å²) in [6, 6.07) is 7.31. The van der Waals surface area contributed by atoms with E-state index >= 15 is 0 Å². The van der Waals surface area contributed by atoms with Gasteiger partial charge in [-0.2, -0.15) is 4.31 Å². The number of alkyl halides is 3. The van der Waals surface area contributed by atoms with Crippen molar-refractivity contribution in [3.8, 4) is 17.0 Å². The van der Waals surface area contributed by atoms with Gasteiger partial charge < -0.3 is 9.15 Å². The van der Waals surface area contributed by atoms with Gasteiger partial charge in [0.15, 0.2) is 11.7 Å². The predicted molar refractivity (Wildman–Crippen MR) is 118 cm³/mol. The number of Topliss-reactive ketones (excluding diaryl/α,β-unsaturated/α-hetero) is 1. The summed E-state index contributed by atoms with van der Waals surface area (Å²) >= 11 is 6.81. The summed E-state index contributed by atoms with van der Waals surface area (Å²) in [7, 11) is -3.82. The standard InChI is InChI=1S/C21H18ClF3N2O5S2/c22-18-8-10-20(33-18)34(29,30)27-11-1-2-16(27)17(28)7-9-19-26-15(12-31-19)13-3-5-14(6-4-13)32-21(23,24)25/h3-6,8,10,12,16H,1-2,7,9,11H2/t16-/m0/s1. The fraction of sp³-hybridized carbons (Fsp3) is 0.333. The summed E-state index contributed by atoms with van der Waals surface area (Å²) in [5.74, 6) is -0.333. The van der Waals surface area contributed by atoms with E-state index in [1.54, 1.807) is 0 Å². The minimum atomic E-state index is -4.78. The summed E-state index contributed by atoms with van der Waals surface area (Å²) in [4.78, 5) is 17.1. The van der Waals surface area contributed by atoms with Gasteiger partial charge in [-0.25, -0.2) is 13.4 Å². The Labute approximate surface area is 202 Å². The Morgan fingerprint density at radius 1 is 1.24 bits per heavy atom. The Hall–Kier alpha value is -2.41. The second-order valence-corrected chi connectivity index (χ2v) is 11.3. The van der Waals surface area contributed by atoms with E-state index in [-0.39, 0.29) is 41.0 Å². The largest absolute Gasteiger partial charge is 0.573 e. The van der Waals surface area contributed by atoms with Gasteiger partial charge in [0.2, 0.25) is 0 Å². The minimum absolute atomic E-state index is 0.0280. The second kappa shape index (κ2) is 9.68. The van der Waals surface area contributed by atoms with Crippen LogP contribution in [-0.4, -0.2) is 42.4 Å².